The first-order valence-corrected chi connectivity index (χ1v) is 5.72. The maximum atomic E-state index is 11.4. The number of rotatable bonds is 6. The standard InChI is InChI=1S/C11H19N3O2/c1-5-9(8(4)15)10-12-11(13-16-10)14(6-2)7-3/h9H,5-7H2,1-4H3. The van der Waals surface area contributed by atoms with Gasteiger partial charge in [-0.3, -0.25) is 4.79 Å². The van der Waals surface area contributed by atoms with Crippen molar-refractivity contribution in [1.82, 2.24) is 10.1 Å². The number of carbonyl (C=O) groups is 1. The normalized spacial score (nSPS) is 12.5. The molecule has 1 atom stereocenters. The summed E-state index contributed by atoms with van der Waals surface area (Å²) in [5.74, 6) is 0.797. The Morgan fingerprint density at radius 2 is 2.00 bits per heavy atom. The van der Waals surface area contributed by atoms with Gasteiger partial charge in [-0.1, -0.05) is 6.92 Å². The van der Waals surface area contributed by atoms with Crippen LogP contribution < -0.4 is 4.90 Å². The van der Waals surface area contributed by atoms with Gasteiger partial charge in [-0.15, -0.1) is 0 Å². The van der Waals surface area contributed by atoms with E-state index in [2.05, 4.69) is 10.1 Å². The third-order valence-electron chi connectivity index (χ3n) is 2.67. The fraction of sp³-hybridized carbons (Fsp3) is 0.727. The van der Waals surface area contributed by atoms with Crippen molar-refractivity contribution in [2.75, 3.05) is 18.0 Å². The van der Waals surface area contributed by atoms with Crippen LogP contribution in [0, 0.1) is 0 Å². The van der Waals surface area contributed by atoms with E-state index < -0.39 is 0 Å². The Balaban J connectivity index is 2.88. The average Bonchev–Trinajstić information content (AvgIpc) is 2.70. The zero-order valence-corrected chi connectivity index (χ0v) is 10.4. The molecule has 0 saturated carbocycles. The molecule has 1 heterocycles. The number of hydrogen-bond donors (Lipinski definition) is 0. The molecule has 0 spiro atoms. The fourth-order valence-electron chi connectivity index (χ4n) is 1.64. The third-order valence-corrected chi connectivity index (χ3v) is 2.67. The Morgan fingerprint density at radius 1 is 1.38 bits per heavy atom. The molecule has 5 nitrogen and oxygen atoms in total. The molecule has 0 aliphatic heterocycles. The largest absolute Gasteiger partial charge is 0.339 e. The Hall–Kier alpha value is -1.39. The Bertz CT molecular complexity index is 345. The summed E-state index contributed by atoms with van der Waals surface area (Å²) in [6, 6.07) is 0. The first-order chi connectivity index (χ1) is 7.63. The lowest BCUT2D eigenvalue weighted by molar-refractivity contribution is -0.119. The molecular weight excluding hydrogens is 206 g/mol. The fourth-order valence-corrected chi connectivity index (χ4v) is 1.64. The van der Waals surface area contributed by atoms with E-state index in [-0.39, 0.29) is 11.7 Å². The zero-order chi connectivity index (χ0) is 12.1. The molecule has 1 unspecified atom stereocenters. The van der Waals surface area contributed by atoms with Gasteiger partial charge in [0.05, 0.1) is 5.92 Å². The summed E-state index contributed by atoms with van der Waals surface area (Å²) in [5, 5.41) is 3.90. The minimum atomic E-state index is -0.267. The van der Waals surface area contributed by atoms with E-state index in [9.17, 15) is 4.79 Å². The molecule has 16 heavy (non-hydrogen) atoms. The molecule has 0 aliphatic rings. The first-order valence-electron chi connectivity index (χ1n) is 5.72. The molecule has 1 rings (SSSR count). The SMILES string of the molecule is CCC(C(C)=O)c1nc(N(CC)CC)no1. The summed E-state index contributed by atoms with van der Waals surface area (Å²) in [5.41, 5.74) is 0. The van der Waals surface area contributed by atoms with E-state index in [1.807, 2.05) is 25.7 Å². The van der Waals surface area contributed by atoms with Crippen LogP contribution in [0.25, 0.3) is 0 Å². The van der Waals surface area contributed by atoms with Gasteiger partial charge in [0, 0.05) is 13.1 Å². The number of Topliss-reactive ketones (excluding diaryl/α,β-unsaturated/α-hetero) is 1. The van der Waals surface area contributed by atoms with Crippen LogP contribution in [-0.4, -0.2) is 29.0 Å². The monoisotopic (exact) mass is 225 g/mol. The molecule has 0 bridgehead atoms. The molecule has 90 valence electrons. The van der Waals surface area contributed by atoms with Gasteiger partial charge in [0.25, 0.3) is 5.95 Å². The van der Waals surface area contributed by atoms with Crippen molar-refractivity contribution in [2.45, 2.75) is 40.0 Å². The average molecular weight is 225 g/mol. The third kappa shape index (κ3) is 2.59. The van der Waals surface area contributed by atoms with Gasteiger partial charge < -0.3 is 9.42 Å². The first kappa shape index (κ1) is 12.7. The van der Waals surface area contributed by atoms with Crippen LogP contribution in [0.2, 0.25) is 0 Å². The summed E-state index contributed by atoms with van der Waals surface area (Å²) in [6.45, 7) is 9.20. The van der Waals surface area contributed by atoms with Crippen molar-refractivity contribution < 1.29 is 9.32 Å². The highest BCUT2D eigenvalue weighted by molar-refractivity contribution is 5.82. The van der Waals surface area contributed by atoms with Crippen molar-refractivity contribution in [2.24, 2.45) is 0 Å². The minimum Gasteiger partial charge on any atom is -0.339 e. The van der Waals surface area contributed by atoms with Gasteiger partial charge in [0.1, 0.15) is 5.78 Å². The maximum Gasteiger partial charge on any atom is 0.266 e. The van der Waals surface area contributed by atoms with Crippen LogP contribution in [0.15, 0.2) is 4.52 Å². The van der Waals surface area contributed by atoms with Crippen molar-refractivity contribution in [3.05, 3.63) is 5.89 Å². The van der Waals surface area contributed by atoms with E-state index in [0.29, 0.717) is 18.3 Å². The highest BCUT2D eigenvalue weighted by Gasteiger charge is 2.22. The van der Waals surface area contributed by atoms with Crippen molar-refractivity contribution >= 4 is 11.7 Å². The second-order valence-electron chi connectivity index (χ2n) is 3.68. The highest BCUT2D eigenvalue weighted by Crippen LogP contribution is 2.20. The molecule has 0 aromatic carbocycles. The molecule has 1 aromatic heterocycles. The van der Waals surface area contributed by atoms with Gasteiger partial charge in [0.2, 0.25) is 5.89 Å². The second kappa shape index (κ2) is 5.63. The predicted octanol–water partition coefficient (Wildman–Crippen LogP) is 2.00. The van der Waals surface area contributed by atoms with Crippen LogP contribution >= 0.6 is 0 Å². The van der Waals surface area contributed by atoms with Gasteiger partial charge in [-0.2, -0.15) is 4.98 Å². The summed E-state index contributed by atoms with van der Waals surface area (Å²) >= 11 is 0. The summed E-state index contributed by atoms with van der Waals surface area (Å²) < 4.78 is 5.14. The van der Waals surface area contributed by atoms with Crippen LogP contribution in [0.3, 0.4) is 0 Å². The van der Waals surface area contributed by atoms with E-state index >= 15 is 0 Å². The number of aromatic nitrogens is 2. The Labute approximate surface area is 95.8 Å². The topological polar surface area (TPSA) is 59.2 Å². The van der Waals surface area contributed by atoms with E-state index in [4.69, 9.17) is 4.52 Å². The molecule has 0 saturated heterocycles. The maximum absolute atomic E-state index is 11.4. The molecule has 0 amide bonds. The number of hydrogen-bond acceptors (Lipinski definition) is 5. The van der Waals surface area contributed by atoms with E-state index in [0.717, 1.165) is 13.1 Å². The number of anilines is 1. The molecule has 1 aromatic rings. The molecule has 0 aliphatic carbocycles. The molecule has 5 heteroatoms. The van der Waals surface area contributed by atoms with Crippen molar-refractivity contribution in [1.29, 1.82) is 0 Å². The molecule has 0 fully saturated rings. The van der Waals surface area contributed by atoms with Gasteiger partial charge in [-0.25, -0.2) is 0 Å². The van der Waals surface area contributed by atoms with Crippen LogP contribution in [0.1, 0.15) is 45.9 Å². The number of ketones is 1. The molecular formula is C11H19N3O2. The number of nitrogens with zero attached hydrogens (tertiary/aromatic N) is 3. The minimum absolute atomic E-state index is 0.0669. The lowest BCUT2D eigenvalue weighted by Gasteiger charge is -2.14. The summed E-state index contributed by atoms with van der Waals surface area (Å²) in [4.78, 5) is 17.6. The predicted molar refractivity (Wildman–Crippen MR) is 61.6 cm³/mol. The van der Waals surface area contributed by atoms with Gasteiger partial charge >= 0.3 is 0 Å². The van der Waals surface area contributed by atoms with Crippen LogP contribution in [0.4, 0.5) is 5.95 Å². The van der Waals surface area contributed by atoms with Crippen LogP contribution in [0.5, 0.6) is 0 Å². The Kier molecular flexibility index (Phi) is 4.46. The van der Waals surface area contributed by atoms with E-state index in [1.54, 1.807) is 6.92 Å². The number of carbonyl (C=O) groups excluding carboxylic acids is 1. The van der Waals surface area contributed by atoms with E-state index in [1.165, 1.54) is 0 Å². The zero-order valence-electron chi connectivity index (χ0n) is 10.4. The second-order valence-corrected chi connectivity index (χ2v) is 3.68. The van der Waals surface area contributed by atoms with Gasteiger partial charge in [-0.05, 0) is 32.3 Å². The Morgan fingerprint density at radius 3 is 2.44 bits per heavy atom. The quantitative estimate of drug-likeness (QED) is 0.741. The lowest BCUT2D eigenvalue weighted by atomic mass is 10.0. The van der Waals surface area contributed by atoms with Crippen molar-refractivity contribution in [3.8, 4) is 0 Å². The summed E-state index contributed by atoms with van der Waals surface area (Å²) in [6.07, 6.45) is 0.690. The van der Waals surface area contributed by atoms with Crippen LogP contribution in [-0.2, 0) is 4.79 Å². The highest BCUT2D eigenvalue weighted by atomic mass is 16.5. The lowest BCUT2D eigenvalue weighted by Crippen LogP contribution is -2.23. The van der Waals surface area contributed by atoms with Gasteiger partial charge in [0.15, 0.2) is 0 Å². The smallest absolute Gasteiger partial charge is 0.266 e. The summed E-state index contributed by atoms with van der Waals surface area (Å²) in [7, 11) is 0. The molecule has 0 N–H and O–H groups in total. The molecule has 0 radical (unpaired) electrons. The van der Waals surface area contributed by atoms with Crippen molar-refractivity contribution in [3.63, 3.8) is 0 Å².